The number of Topliss-reactive ketones (excluding diaryl/α,β-unsaturated/α-hetero) is 1. The van der Waals surface area contributed by atoms with Crippen LogP contribution in [0.5, 0.6) is 0 Å². The molecule has 0 bridgehead atoms. The van der Waals surface area contributed by atoms with Crippen molar-refractivity contribution in [2.75, 3.05) is 6.61 Å². The first-order valence-corrected chi connectivity index (χ1v) is 7.91. The van der Waals surface area contributed by atoms with Crippen LogP contribution in [-0.4, -0.2) is 28.4 Å². The quantitative estimate of drug-likeness (QED) is 0.589. The first-order valence-electron chi connectivity index (χ1n) is 7.47. The van der Waals surface area contributed by atoms with Gasteiger partial charge in [0.1, 0.15) is 0 Å². The van der Waals surface area contributed by atoms with E-state index in [-0.39, 0.29) is 5.78 Å². The van der Waals surface area contributed by atoms with E-state index in [1.165, 1.54) is 25.7 Å². The van der Waals surface area contributed by atoms with Crippen LogP contribution >= 0.6 is 11.6 Å². The first kappa shape index (κ1) is 15.6. The average Bonchev–Trinajstić information content (AvgIpc) is 3.00. The highest BCUT2D eigenvalue weighted by molar-refractivity contribution is 6.33. The Labute approximate surface area is 126 Å². The maximum atomic E-state index is 12.0. The van der Waals surface area contributed by atoms with Crippen LogP contribution in [-0.2, 0) is 11.3 Å². The maximum Gasteiger partial charge on any atom is 0.182 e. The van der Waals surface area contributed by atoms with Gasteiger partial charge in [0.25, 0.3) is 0 Å². The summed E-state index contributed by atoms with van der Waals surface area (Å²) in [5.74, 6) is 0.00253. The number of carbonyl (C=O) groups excluding carboxylic acids is 1. The highest BCUT2D eigenvalue weighted by Crippen LogP contribution is 2.22. The lowest BCUT2D eigenvalue weighted by Gasteiger charge is -2.14. The Hall–Kier alpha value is -0.800. The monoisotopic (exact) mass is 297 g/mol. The van der Waals surface area contributed by atoms with Gasteiger partial charge in [0.2, 0.25) is 0 Å². The third-order valence-corrected chi connectivity index (χ3v) is 4.37. The van der Waals surface area contributed by atoms with Gasteiger partial charge in [-0.1, -0.05) is 12.8 Å². The van der Waals surface area contributed by atoms with Gasteiger partial charge in [-0.25, -0.2) is 0 Å². The molecule has 2 rings (SSSR count). The zero-order valence-electron chi connectivity index (χ0n) is 12.6. The Morgan fingerprint density at radius 2 is 2.10 bits per heavy atom. The summed E-state index contributed by atoms with van der Waals surface area (Å²) in [5, 5.41) is -0.473. The molecular weight excluding hydrogens is 274 g/mol. The number of alkyl halides is 1. The van der Waals surface area contributed by atoms with Crippen molar-refractivity contribution in [3.8, 4) is 0 Å². The Morgan fingerprint density at radius 3 is 2.70 bits per heavy atom. The van der Waals surface area contributed by atoms with Crippen LogP contribution in [0, 0.1) is 13.8 Å². The molecule has 1 saturated carbocycles. The van der Waals surface area contributed by atoms with Gasteiger partial charge in [-0.3, -0.25) is 4.79 Å². The Kier molecular flexibility index (Phi) is 5.28. The number of ether oxygens (including phenoxy) is 1. The van der Waals surface area contributed by atoms with E-state index in [4.69, 9.17) is 16.3 Å². The van der Waals surface area contributed by atoms with Crippen molar-refractivity contribution >= 4 is 17.4 Å². The summed E-state index contributed by atoms with van der Waals surface area (Å²) in [5.41, 5.74) is 2.83. The van der Waals surface area contributed by atoms with Gasteiger partial charge in [0.05, 0.1) is 18.1 Å². The van der Waals surface area contributed by atoms with Crippen LogP contribution in [0.1, 0.15) is 54.4 Å². The average molecular weight is 298 g/mol. The van der Waals surface area contributed by atoms with Crippen LogP contribution < -0.4 is 0 Å². The summed E-state index contributed by atoms with van der Waals surface area (Å²) in [7, 11) is 0. The second-order valence-electron chi connectivity index (χ2n) is 5.69. The molecule has 0 spiro atoms. The highest BCUT2D eigenvalue weighted by atomic mass is 35.5. The van der Waals surface area contributed by atoms with Crippen LogP contribution in [0.4, 0.5) is 0 Å². The van der Waals surface area contributed by atoms with E-state index in [0.717, 1.165) is 23.5 Å². The Morgan fingerprint density at radius 1 is 1.45 bits per heavy atom. The Bertz CT molecular complexity index is 473. The second kappa shape index (κ2) is 6.77. The molecule has 4 heteroatoms. The predicted octanol–water partition coefficient (Wildman–Crippen LogP) is 3.87. The van der Waals surface area contributed by atoms with Crippen molar-refractivity contribution in [1.82, 2.24) is 4.57 Å². The molecule has 0 amide bonds. The molecule has 3 nitrogen and oxygen atoms in total. The minimum absolute atomic E-state index is 0.00253. The minimum Gasteiger partial charge on any atom is -0.376 e. The maximum absolute atomic E-state index is 12.0. The molecule has 1 heterocycles. The highest BCUT2D eigenvalue weighted by Gasteiger charge is 2.20. The van der Waals surface area contributed by atoms with E-state index in [2.05, 4.69) is 4.57 Å². The SMILES string of the molecule is Cc1cc(C(=O)C(C)Cl)c(C)n1CCOC1CCCC1. The third kappa shape index (κ3) is 3.44. The topological polar surface area (TPSA) is 31.2 Å². The summed E-state index contributed by atoms with van der Waals surface area (Å²) in [6.45, 7) is 7.25. The van der Waals surface area contributed by atoms with Crippen molar-refractivity contribution in [2.24, 2.45) is 0 Å². The summed E-state index contributed by atoms with van der Waals surface area (Å²) in [6, 6.07) is 1.94. The van der Waals surface area contributed by atoms with E-state index < -0.39 is 5.38 Å². The van der Waals surface area contributed by atoms with Gasteiger partial charge in [-0.05, 0) is 39.7 Å². The lowest BCUT2D eigenvalue weighted by atomic mass is 10.1. The molecule has 1 aromatic heterocycles. The summed E-state index contributed by atoms with van der Waals surface area (Å²) < 4.78 is 8.06. The van der Waals surface area contributed by atoms with Gasteiger partial charge in [-0.2, -0.15) is 0 Å². The molecular formula is C16H24ClNO2. The van der Waals surface area contributed by atoms with Crippen molar-refractivity contribution < 1.29 is 9.53 Å². The fraction of sp³-hybridized carbons (Fsp3) is 0.688. The normalized spacial score (nSPS) is 17.6. The number of hydrogen-bond donors (Lipinski definition) is 0. The Balaban J connectivity index is 1.98. The molecule has 20 heavy (non-hydrogen) atoms. The zero-order chi connectivity index (χ0) is 14.7. The minimum atomic E-state index is -0.473. The molecule has 0 saturated heterocycles. The van der Waals surface area contributed by atoms with Crippen LogP contribution in [0.2, 0.25) is 0 Å². The van der Waals surface area contributed by atoms with E-state index in [9.17, 15) is 4.79 Å². The summed E-state index contributed by atoms with van der Waals surface area (Å²) >= 11 is 5.90. The van der Waals surface area contributed by atoms with E-state index >= 15 is 0 Å². The number of nitrogens with zero attached hydrogens (tertiary/aromatic N) is 1. The van der Waals surface area contributed by atoms with Crippen molar-refractivity contribution in [3.05, 3.63) is 23.0 Å². The van der Waals surface area contributed by atoms with Gasteiger partial charge in [0.15, 0.2) is 5.78 Å². The fourth-order valence-corrected chi connectivity index (χ4v) is 3.09. The molecule has 1 aromatic rings. The lowest BCUT2D eigenvalue weighted by molar-refractivity contribution is 0.0525. The van der Waals surface area contributed by atoms with Crippen LogP contribution in [0.15, 0.2) is 6.07 Å². The van der Waals surface area contributed by atoms with Crippen LogP contribution in [0.25, 0.3) is 0 Å². The molecule has 0 N–H and O–H groups in total. The first-order chi connectivity index (χ1) is 9.50. The summed E-state index contributed by atoms with van der Waals surface area (Å²) in [6.07, 6.45) is 5.40. The largest absolute Gasteiger partial charge is 0.376 e. The number of aromatic nitrogens is 1. The van der Waals surface area contributed by atoms with E-state index in [1.807, 2.05) is 19.9 Å². The zero-order valence-corrected chi connectivity index (χ0v) is 13.4. The van der Waals surface area contributed by atoms with Crippen molar-refractivity contribution in [3.63, 3.8) is 0 Å². The van der Waals surface area contributed by atoms with Crippen LogP contribution in [0.3, 0.4) is 0 Å². The van der Waals surface area contributed by atoms with Gasteiger partial charge >= 0.3 is 0 Å². The third-order valence-electron chi connectivity index (χ3n) is 4.17. The standard InChI is InChI=1S/C16H24ClNO2/c1-11-10-15(16(19)12(2)17)13(3)18(11)8-9-20-14-6-4-5-7-14/h10,12,14H,4-9H2,1-3H3. The van der Waals surface area contributed by atoms with Crippen molar-refractivity contribution in [2.45, 2.75) is 64.5 Å². The van der Waals surface area contributed by atoms with Gasteiger partial charge < -0.3 is 9.30 Å². The van der Waals surface area contributed by atoms with E-state index in [0.29, 0.717) is 12.7 Å². The predicted molar refractivity (Wildman–Crippen MR) is 81.8 cm³/mol. The molecule has 1 atom stereocenters. The van der Waals surface area contributed by atoms with Crippen molar-refractivity contribution in [1.29, 1.82) is 0 Å². The lowest BCUT2D eigenvalue weighted by Crippen LogP contribution is -2.16. The van der Waals surface area contributed by atoms with E-state index in [1.54, 1.807) is 6.92 Å². The number of halogens is 1. The smallest absolute Gasteiger partial charge is 0.182 e. The number of carbonyl (C=O) groups is 1. The molecule has 1 fully saturated rings. The molecule has 112 valence electrons. The number of ketones is 1. The summed E-state index contributed by atoms with van der Waals surface area (Å²) in [4.78, 5) is 12.0. The van der Waals surface area contributed by atoms with Gasteiger partial charge in [0, 0.05) is 23.5 Å². The molecule has 1 aliphatic rings. The number of rotatable bonds is 6. The molecule has 1 unspecified atom stereocenters. The molecule has 0 aliphatic heterocycles. The molecule has 1 aliphatic carbocycles. The second-order valence-corrected chi connectivity index (χ2v) is 6.35. The fourth-order valence-electron chi connectivity index (χ4n) is 2.97. The molecule has 0 radical (unpaired) electrons. The van der Waals surface area contributed by atoms with Gasteiger partial charge in [-0.15, -0.1) is 11.6 Å². The number of aryl methyl sites for hydroxylation is 1. The molecule has 0 aromatic carbocycles. The number of hydrogen-bond acceptors (Lipinski definition) is 2.